The third-order valence-electron chi connectivity index (χ3n) is 2.74. The number of esters is 1. The molecule has 1 heterocycles. The van der Waals surface area contributed by atoms with Crippen LogP contribution in [0, 0.1) is 0 Å². The van der Waals surface area contributed by atoms with Crippen LogP contribution in [0.2, 0.25) is 0 Å². The highest BCUT2D eigenvalue weighted by Gasteiger charge is 2.81. The van der Waals surface area contributed by atoms with Crippen molar-refractivity contribution in [3.05, 3.63) is 12.7 Å². The first-order chi connectivity index (χ1) is 9.43. The molecule has 1 aliphatic rings. The Kier molecular flexibility index (Phi) is 4.33. The van der Waals surface area contributed by atoms with Crippen LogP contribution in [-0.2, 0) is 23.8 Å². The van der Waals surface area contributed by atoms with E-state index in [9.17, 15) is 31.5 Å². The first-order valence-electron chi connectivity index (χ1n) is 5.48. The van der Waals surface area contributed by atoms with Crippen molar-refractivity contribution in [3.63, 3.8) is 0 Å². The van der Waals surface area contributed by atoms with Crippen LogP contribution in [0.5, 0.6) is 0 Å². The Bertz CT molecular complexity index is 449. The number of hydrogen-bond acceptors (Lipinski definition) is 5. The summed E-state index contributed by atoms with van der Waals surface area (Å²) in [7, 11) is 0. The Morgan fingerprint density at radius 3 is 2.43 bits per heavy atom. The van der Waals surface area contributed by atoms with Crippen LogP contribution in [0.3, 0.4) is 0 Å². The molecule has 21 heavy (non-hydrogen) atoms. The normalized spacial score (nSPS) is 31.5. The van der Waals surface area contributed by atoms with Crippen molar-refractivity contribution in [1.29, 1.82) is 0 Å². The maximum Gasteiger partial charge on any atom is 0.462 e. The van der Waals surface area contributed by atoms with Crippen molar-refractivity contribution in [3.8, 4) is 0 Å². The van der Waals surface area contributed by atoms with Gasteiger partial charge in [0.1, 0.15) is 12.2 Å². The van der Waals surface area contributed by atoms with Gasteiger partial charge in [0, 0.05) is 6.08 Å². The molecule has 2 atom stereocenters. The Morgan fingerprint density at radius 1 is 1.43 bits per heavy atom. The Balaban J connectivity index is 3.10. The largest absolute Gasteiger partial charge is 0.462 e. The fourth-order valence-corrected chi connectivity index (χ4v) is 1.92. The van der Waals surface area contributed by atoms with Crippen molar-refractivity contribution in [2.24, 2.45) is 0 Å². The van der Waals surface area contributed by atoms with Gasteiger partial charge in [0.25, 0.3) is 6.47 Å². The van der Waals surface area contributed by atoms with Gasteiger partial charge in [0.2, 0.25) is 0 Å². The second-order valence-corrected chi connectivity index (χ2v) is 4.57. The van der Waals surface area contributed by atoms with Gasteiger partial charge >= 0.3 is 23.9 Å². The van der Waals surface area contributed by atoms with E-state index in [0.717, 1.165) is 6.92 Å². The number of ether oxygens (including phenoxy) is 3. The Labute approximate surface area is 115 Å². The smallest absolute Gasteiger partial charge is 0.459 e. The SMILES string of the molecule is C=CC(=O)OCC1(C)CC(F)(F)C(OC=O)(C(F)(F)F)O1. The summed E-state index contributed by atoms with van der Waals surface area (Å²) in [5, 5.41) is 0. The standard InChI is InChI=1S/C11H11F5O5/c1-3-7(18)19-5-8(2)4-9(12,13)10(21-8,20-6-17)11(14,15)16/h3,6H,1,4-5H2,2H3. The van der Waals surface area contributed by atoms with Crippen LogP contribution in [0.15, 0.2) is 12.7 Å². The van der Waals surface area contributed by atoms with Crippen molar-refractivity contribution in [2.45, 2.75) is 36.8 Å². The van der Waals surface area contributed by atoms with Crippen molar-refractivity contribution in [1.82, 2.24) is 0 Å². The third-order valence-corrected chi connectivity index (χ3v) is 2.74. The molecule has 0 aromatic heterocycles. The molecular weight excluding hydrogens is 307 g/mol. The highest BCUT2D eigenvalue weighted by atomic mass is 19.4. The van der Waals surface area contributed by atoms with E-state index in [-0.39, 0.29) is 0 Å². The van der Waals surface area contributed by atoms with Crippen molar-refractivity contribution in [2.75, 3.05) is 6.61 Å². The molecule has 0 aliphatic carbocycles. The minimum absolute atomic E-state index is 0.704. The number of halogens is 5. The van der Waals surface area contributed by atoms with Crippen LogP contribution in [0.1, 0.15) is 13.3 Å². The van der Waals surface area contributed by atoms with Gasteiger partial charge in [-0.3, -0.25) is 4.79 Å². The minimum atomic E-state index is -5.68. The molecule has 0 N–H and O–H groups in total. The molecule has 0 amide bonds. The molecule has 0 saturated carbocycles. The molecule has 1 fully saturated rings. The van der Waals surface area contributed by atoms with Crippen LogP contribution in [0.4, 0.5) is 22.0 Å². The van der Waals surface area contributed by atoms with E-state index in [2.05, 4.69) is 20.8 Å². The zero-order valence-electron chi connectivity index (χ0n) is 10.7. The molecule has 0 radical (unpaired) electrons. The van der Waals surface area contributed by atoms with Gasteiger partial charge in [-0.15, -0.1) is 0 Å². The lowest BCUT2D eigenvalue weighted by molar-refractivity contribution is -0.410. The molecule has 0 aromatic carbocycles. The summed E-state index contributed by atoms with van der Waals surface area (Å²) in [5.41, 5.74) is -2.19. The summed E-state index contributed by atoms with van der Waals surface area (Å²) in [6.07, 6.45) is -6.44. The molecule has 1 rings (SSSR count). The van der Waals surface area contributed by atoms with Gasteiger partial charge in [-0.1, -0.05) is 6.58 Å². The first-order valence-corrected chi connectivity index (χ1v) is 5.48. The highest BCUT2D eigenvalue weighted by molar-refractivity contribution is 5.81. The fraction of sp³-hybridized carbons (Fsp3) is 0.636. The third kappa shape index (κ3) is 2.99. The quantitative estimate of drug-likeness (QED) is 0.336. The maximum atomic E-state index is 13.8. The second kappa shape index (κ2) is 5.24. The average Bonchev–Trinajstić information content (AvgIpc) is 2.54. The van der Waals surface area contributed by atoms with Crippen LogP contribution < -0.4 is 0 Å². The number of alkyl halides is 5. The summed E-state index contributed by atoms with van der Waals surface area (Å²) in [6, 6.07) is 0. The second-order valence-electron chi connectivity index (χ2n) is 4.57. The van der Waals surface area contributed by atoms with Crippen LogP contribution >= 0.6 is 0 Å². The lowest BCUT2D eigenvalue weighted by Gasteiger charge is -2.34. The van der Waals surface area contributed by atoms with E-state index in [1.165, 1.54) is 0 Å². The first kappa shape index (κ1) is 17.3. The summed E-state index contributed by atoms with van der Waals surface area (Å²) in [5.74, 6) is -10.00. The topological polar surface area (TPSA) is 61.8 Å². The van der Waals surface area contributed by atoms with Gasteiger partial charge in [-0.05, 0) is 6.92 Å². The summed E-state index contributed by atoms with van der Waals surface area (Å²) >= 11 is 0. The highest BCUT2D eigenvalue weighted by Crippen LogP contribution is 2.56. The Morgan fingerprint density at radius 2 is 2.00 bits per heavy atom. The molecule has 2 unspecified atom stereocenters. The van der Waals surface area contributed by atoms with Crippen molar-refractivity contribution < 1.29 is 45.8 Å². The number of rotatable bonds is 5. The summed E-state index contributed by atoms with van der Waals surface area (Å²) < 4.78 is 78.5. The van der Waals surface area contributed by atoms with E-state index in [1.54, 1.807) is 0 Å². The Hall–Kier alpha value is -1.71. The van der Waals surface area contributed by atoms with Crippen molar-refractivity contribution >= 4 is 12.4 Å². The zero-order chi connectivity index (χ0) is 16.5. The molecule has 0 aromatic rings. The predicted molar refractivity (Wildman–Crippen MR) is 56.1 cm³/mol. The molecule has 1 aliphatic heterocycles. The minimum Gasteiger partial charge on any atom is -0.459 e. The molecule has 0 spiro atoms. The monoisotopic (exact) mass is 318 g/mol. The average molecular weight is 318 g/mol. The maximum absolute atomic E-state index is 13.8. The van der Waals surface area contributed by atoms with Crippen LogP contribution in [0.25, 0.3) is 0 Å². The van der Waals surface area contributed by atoms with E-state index < -0.39 is 49.0 Å². The van der Waals surface area contributed by atoms with E-state index in [0.29, 0.717) is 6.08 Å². The number of hydrogen-bond donors (Lipinski definition) is 0. The molecular formula is C11H11F5O5. The van der Waals surface area contributed by atoms with Crippen LogP contribution in [-0.4, -0.2) is 42.5 Å². The zero-order valence-corrected chi connectivity index (χ0v) is 10.7. The van der Waals surface area contributed by atoms with Gasteiger partial charge in [0.15, 0.2) is 0 Å². The molecule has 1 saturated heterocycles. The molecule has 10 heteroatoms. The molecule has 0 bridgehead atoms. The summed E-state index contributed by atoms with van der Waals surface area (Å²) in [4.78, 5) is 21.1. The molecule has 5 nitrogen and oxygen atoms in total. The summed E-state index contributed by atoms with van der Waals surface area (Å²) in [6.45, 7) is 2.24. The van der Waals surface area contributed by atoms with E-state index in [4.69, 9.17) is 0 Å². The fourth-order valence-electron chi connectivity index (χ4n) is 1.92. The lowest BCUT2D eigenvalue weighted by Crippen LogP contribution is -2.58. The number of carbonyl (C=O) groups is 2. The van der Waals surface area contributed by atoms with Gasteiger partial charge < -0.3 is 14.2 Å². The van der Waals surface area contributed by atoms with E-state index >= 15 is 0 Å². The van der Waals surface area contributed by atoms with Gasteiger partial charge in [0.05, 0.1) is 6.42 Å². The lowest BCUT2D eigenvalue weighted by atomic mass is 9.99. The number of carbonyl (C=O) groups excluding carboxylic acids is 2. The van der Waals surface area contributed by atoms with Gasteiger partial charge in [-0.2, -0.15) is 22.0 Å². The van der Waals surface area contributed by atoms with Gasteiger partial charge in [-0.25, -0.2) is 4.79 Å². The predicted octanol–water partition coefficient (Wildman–Crippen LogP) is 1.96. The molecule has 120 valence electrons. The van der Waals surface area contributed by atoms with E-state index in [1.807, 2.05) is 0 Å².